The number of carbonyl (C=O) groups excluding carboxylic acids is 1. The Kier molecular flexibility index (Phi) is 5.30. The van der Waals surface area contributed by atoms with Gasteiger partial charge in [0, 0.05) is 26.2 Å². The van der Waals surface area contributed by atoms with E-state index in [1.807, 2.05) is 18.2 Å². The SMILES string of the molecule is CN1CCO[C@H](CN(CC2CC2)C(=O)[C@H](O)c2ccccc2)C1. The van der Waals surface area contributed by atoms with Gasteiger partial charge >= 0.3 is 0 Å². The molecular weight excluding hydrogens is 292 g/mol. The Morgan fingerprint density at radius 2 is 2.09 bits per heavy atom. The van der Waals surface area contributed by atoms with E-state index < -0.39 is 6.10 Å². The second kappa shape index (κ2) is 7.43. The summed E-state index contributed by atoms with van der Waals surface area (Å²) >= 11 is 0. The summed E-state index contributed by atoms with van der Waals surface area (Å²) in [4.78, 5) is 16.8. The molecule has 1 N–H and O–H groups in total. The molecule has 1 heterocycles. The Morgan fingerprint density at radius 1 is 1.35 bits per heavy atom. The molecule has 3 rings (SSSR count). The van der Waals surface area contributed by atoms with Gasteiger partial charge in [-0.2, -0.15) is 0 Å². The maximum absolute atomic E-state index is 12.8. The van der Waals surface area contributed by atoms with E-state index in [9.17, 15) is 9.90 Å². The molecule has 5 nitrogen and oxygen atoms in total. The normalized spacial score (nSPS) is 23.5. The molecule has 1 aromatic carbocycles. The Hall–Kier alpha value is -1.43. The Labute approximate surface area is 137 Å². The summed E-state index contributed by atoms with van der Waals surface area (Å²) in [6.07, 6.45) is 1.29. The fourth-order valence-electron chi connectivity index (χ4n) is 3.04. The van der Waals surface area contributed by atoms with Gasteiger partial charge in [-0.3, -0.25) is 4.79 Å². The van der Waals surface area contributed by atoms with Gasteiger partial charge in [0.25, 0.3) is 5.91 Å². The number of amides is 1. The number of hydrogen-bond acceptors (Lipinski definition) is 4. The number of hydrogen-bond donors (Lipinski definition) is 1. The largest absolute Gasteiger partial charge is 0.378 e. The van der Waals surface area contributed by atoms with E-state index in [-0.39, 0.29) is 12.0 Å². The van der Waals surface area contributed by atoms with Gasteiger partial charge in [0.2, 0.25) is 0 Å². The van der Waals surface area contributed by atoms with E-state index in [2.05, 4.69) is 11.9 Å². The number of nitrogens with zero attached hydrogens (tertiary/aromatic N) is 2. The minimum Gasteiger partial charge on any atom is -0.378 e. The van der Waals surface area contributed by atoms with Gasteiger partial charge in [0.05, 0.1) is 12.7 Å². The summed E-state index contributed by atoms with van der Waals surface area (Å²) in [5.41, 5.74) is 0.653. The first-order valence-electron chi connectivity index (χ1n) is 8.45. The number of morpholine rings is 1. The number of aliphatic hydroxyl groups is 1. The molecular formula is C18H26N2O3. The van der Waals surface area contributed by atoms with E-state index >= 15 is 0 Å². The minimum absolute atomic E-state index is 0.0272. The van der Waals surface area contributed by atoms with Crippen LogP contribution in [-0.2, 0) is 9.53 Å². The van der Waals surface area contributed by atoms with E-state index in [0.29, 0.717) is 24.6 Å². The minimum atomic E-state index is -1.09. The number of aliphatic hydroxyl groups excluding tert-OH is 1. The third-order valence-electron chi connectivity index (χ3n) is 4.60. The van der Waals surface area contributed by atoms with Crippen LogP contribution in [0.3, 0.4) is 0 Å². The number of ether oxygens (including phenoxy) is 1. The zero-order valence-electron chi connectivity index (χ0n) is 13.7. The molecule has 2 fully saturated rings. The highest BCUT2D eigenvalue weighted by Crippen LogP contribution is 2.31. The summed E-state index contributed by atoms with van der Waals surface area (Å²) in [6, 6.07) is 9.16. The molecule has 0 radical (unpaired) electrons. The molecule has 126 valence electrons. The Balaban J connectivity index is 1.66. The fraction of sp³-hybridized carbons (Fsp3) is 0.611. The highest BCUT2D eigenvalue weighted by molar-refractivity contribution is 5.82. The van der Waals surface area contributed by atoms with Crippen molar-refractivity contribution in [1.29, 1.82) is 0 Å². The van der Waals surface area contributed by atoms with Crippen molar-refractivity contribution in [2.24, 2.45) is 5.92 Å². The molecule has 1 aromatic rings. The van der Waals surface area contributed by atoms with Gasteiger partial charge in [0.15, 0.2) is 6.10 Å². The summed E-state index contributed by atoms with van der Waals surface area (Å²) in [5, 5.41) is 10.4. The van der Waals surface area contributed by atoms with Crippen LogP contribution in [0.2, 0.25) is 0 Å². The summed E-state index contributed by atoms with van der Waals surface area (Å²) in [7, 11) is 2.07. The smallest absolute Gasteiger partial charge is 0.256 e. The van der Waals surface area contributed by atoms with Crippen LogP contribution in [0.15, 0.2) is 30.3 Å². The Morgan fingerprint density at radius 3 is 2.74 bits per heavy atom. The van der Waals surface area contributed by atoms with Crippen LogP contribution in [0.4, 0.5) is 0 Å². The molecule has 1 aliphatic carbocycles. The molecule has 5 heteroatoms. The standard InChI is InChI=1S/C18H26N2O3/c1-19-9-10-23-16(12-19)13-20(11-14-7-8-14)18(22)17(21)15-5-3-2-4-6-15/h2-6,14,16-17,21H,7-13H2,1H3/t16-,17+/m0/s1. The third-order valence-corrected chi connectivity index (χ3v) is 4.60. The molecule has 1 amide bonds. The summed E-state index contributed by atoms with van der Waals surface area (Å²) < 4.78 is 5.80. The highest BCUT2D eigenvalue weighted by atomic mass is 16.5. The molecule has 0 aromatic heterocycles. The molecule has 23 heavy (non-hydrogen) atoms. The van der Waals surface area contributed by atoms with Crippen molar-refractivity contribution in [3.63, 3.8) is 0 Å². The number of likely N-dealkylation sites (N-methyl/N-ethyl adjacent to an activating group) is 1. The quantitative estimate of drug-likeness (QED) is 0.859. The van der Waals surface area contributed by atoms with Crippen LogP contribution in [0.1, 0.15) is 24.5 Å². The van der Waals surface area contributed by atoms with Gasteiger partial charge in [-0.05, 0) is 31.4 Å². The second-order valence-electron chi connectivity index (χ2n) is 6.75. The van der Waals surface area contributed by atoms with Crippen molar-refractivity contribution in [3.05, 3.63) is 35.9 Å². The van der Waals surface area contributed by atoms with Crippen molar-refractivity contribution >= 4 is 5.91 Å². The molecule has 0 spiro atoms. The van der Waals surface area contributed by atoms with Crippen molar-refractivity contribution in [1.82, 2.24) is 9.80 Å². The van der Waals surface area contributed by atoms with Crippen LogP contribution >= 0.6 is 0 Å². The van der Waals surface area contributed by atoms with E-state index in [4.69, 9.17) is 4.74 Å². The first kappa shape index (κ1) is 16.4. The maximum atomic E-state index is 12.8. The average Bonchev–Trinajstić information content (AvgIpc) is 3.38. The van der Waals surface area contributed by atoms with Crippen molar-refractivity contribution in [2.45, 2.75) is 25.0 Å². The molecule has 1 saturated heterocycles. The summed E-state index contributed by atoms with van der Waals surface area (Å²) in [5.74, 6) is 0.378. The topological polar surface area (TPSA) is 53.0 Å². The molecule has 2 aliphatic rings. The van der Waals surface area contributed by atoms with Crippen molar-refractivity contribution in [3.8, 4) is 0 Å². The predicted octanol–water partition coefficient (Wildman–Crippen LogP) is 1.29. The average molecular weight is 318 g/mol. The lowest BCUT2D eigenvalue weighted by molar-refractivity contribution is -0.144. The van der Waals surface area contributed by atoms with Crippen LogP contribution in [0, 0.1) is 5.92 Å². The molecule has 0 bridgehead atoms. The van der Waals surface area contributed by atoms with Gasteiger partial charge < -0.3 is 19.6 Å². The van der Waals surface area contributed by atoms with E-state index in [1.165, 1.54) is 12.8 Å². The maximum Gasteiger partial charge on any atom is 0.256 e. The molecule has 0 unspecified atom stereocenters. The first-order chi connectivity index (χ1) is 11.1. The van der Waals surface area contributed by atoms with Crippen molar-refractivity contribution < 1.29 is 14.6 Å². The number of rotatable bonds is 6. The fourth-order valence-corrected chi connectivity index (χ4v) is 3.04. The van der Waals surface area contributed by atoms with Crippen LogP contribution in [-0.4, -0.2) is 66.8 Å². The first-order valence-corrected chi connectivity index (χ1v) is 8.45. The Bertz CT molecular complexity index is 518. The van der Waals surface area contributed by atoms with Crippen LogP contribution in [0.5, 0.6) is 0 Å². The van der Waals surface area contributed by atoms with E-state index in [1.54, 1.807) is 17.0 Å². The molecule has 1 saturated carbocycles. The monoisotopic (exact) mass is 318 g/mol. The highest BCUT2D eigenvalue weighted by Gasteiger charge is 2.32. The lowest BCUT2D eigenvalue weighted by Crippen LogP contribution is -2.49. The number of benzene rings is 1. The molecule has 2 atom stereocenters. The number of carbonyl (C=O) groups is 1. The lowest BCUT2D eigenvalue weighted by Gasteiger charge is -2.34. The summed E-state index contributed by atoms with van der Waals surface area (Å²) in [6.45, 7) is 3.75. The zero-order valence-corrected chi connectivity index (χ0v) is 13.7. The zero-order chi connectivity index (χ0) is 16.2. The van der Waals surface area contributed by atoms with Gasteiger partial charge in [-0.15, -0.1) is 0 Å². The van der Waals surface area contributed by atoms with Gasteiger partial charge in [-0.25, -0.2) is 0 Å². The predicted molar refractivity (Wildman–Crippen MR) is 87.9 cm³/mol. The van der Waals surface area contributed by atoms with Crippen LogP contribution < -0.4 is 0 Å². The van der Waals surface area contributed by atoms with Crippen molar-refractivity contribution in [2.75, 3.05) is 39.8 Å². The van der Waals surface area contributed by atoms with Crippen LogP contribution in [0.25, 0.3) is 0 Å². The second-order valence-corrected chi connectivity index (χ2v) is 6.75. The molecule has 1 aliphatic heterocycles. The van der Waals surface area contributed by atoms with Gasteiger partial charge in [-0.1, -0.05) is 30.3 Å². The van der Waals surface area contributed by atoms with E-state index in [0.717, 1.165) is 19.6 Å². The van der Waals surface area contributed by atoms with Gasteiger partial charge in [0.1, 0.15) is 0 Å². The third kappa shape index (κ3) is 4.53. The lowest BCUT2D eigenvalue weighted by atomic mass is 10.1.